The number of benzene rings is 1. The molecule has 1 heterocycles. The van der Waals surface area contributed by atoms with Crippen LogP contribution in [0.15, 0.2) is 35.0 Å². The van der Waals surface area contributed by atoms with Crippen LogP contribution in [0.25, 0.3) is 0 Å². The molecular weight excluding hydrogens is 233 g/mol. The lowest BCUT2D eigenvalue weighted by atomic mass is 10.2. The van der Waals surface area contributed by atoms with Gasteiger partial charge in [-0.2, -0.15) is 11.3 Å². The SMILES string of the molecule is Fc1cc(Cl)ccc1CNc1ccsc1. The Morgan fingerprint density at radius 3 is 2.87 bits per heavy atom. The van der Waals surface area contributed by atoms with Crippen LogP contribution < -0.4 is 5.32 Å². The smallest absolute Gasteiger partial charge is 0.129 e. The second-order valence-electron chi connectivity index (χ2n) is 3.10. The Labute approximate surface area is 96.5 Å². The van der Waals surface area contributed by atoms with E-state index < -0.39 is 0 Å². The zero-order valence-corrected chi connectivity index (χ0v) is 9.41. The zero-order valence-electron chi connectivity index (χ0n) is 7.84. The highest BCUT2D eigenvalue weighted by Gasteiger charge is 2.02. The van der Waals surface area contributed by atoms with Crippen molar-refractivity contribution in [3.63, 3.8) is 0 Å². The Morgan fingerprint density at radius 1 is 1.33 bits per heavy atom. The number of rotatable bonds is 3. The molecule has 0 atom stereocenters. The minimum Gasteiger partial charge on any atom is -0.380 e. The van der Waals surface area contributed by atoms with Gasteiger partial charge in [-0.3, -0.25) is 0 Å². The van der Waals surface area contributed by atoms with E-state index in [1.165, 1.54) is 6.07 Å². The largest absolute Gasteiger partial charge is 0.380 e. The van der Waals surface area contributed by atoms with Crippen molar-refractivity contribution in [3.8, 4) is 0 Å². The third-order valence-electron chi connectivity index (χ3n) is 2.02. The number of hydrogen-bond donors (Lipinski definition) is 1. The van der Waals surface area contributed by atoms with Gasteiger partial charge in [0.25, 0.3) is 0 Å². The van der Waals surface area contributed by atoms with Crippen LogP contribution in [0.1, 0.15) is 5.56 Å². The monoisotopic (exact) mass is 241 g/mol. The third kappa shape index (κ3) is 2.70. The van der Waals surface area contributed by atoms with E-state index in [2.05, 4.69) is 5.32 Å². The van der Waals surface area contributed by atoms with Crippen LogP contribution in [0, 0.1) is 5.82 Å². The Kier molecular flexibility index (Phi) is 3.23. The predicted octanol–water partition coefficient (Wildman–Crippen LogP) is 4.15. The first-order chi connectivity index (χ1) is 7.25. The first kappa shape index (κ1) is 10.5. The van der Waals surface area contributed by atoms with Crippen molar-refractivity contribution in [2.24, 2.45) is 0 Å². The molecule has 0 spiro atoms. The van der Waals surface area contributed by atoms with Gasteiger partial charge in [-0.25, -0.2) is 4.39 Å². The van der Waals surface area contributed by atoms with Gasteiger partial charge in [-0.15, -0.1) is 0 Å². The quantitative estimate of drug-likeness (QED) is 0.851. The van der Waals surface area contributed by atoms with Gasteiger partial charge in [0.2, 0.25) is 0 Å². The van der Waals surface area contributed by atoms with Crippen molar-refractivity contribution in [2.75, 3.05) is 5.32 Å². The van der Waals surface area contributed by atoms with Gasteiger partial charge in [0, 0.05) is 28.2 Å². The number of nitrogens with one attached hydrogen (secondary N) is 1. The van der Waals surface area contributed by atoms with E-state index in [0.717, 1.165) is 5.69 Å². The molecule has 0 radical (unpaired) electrons. The molecule has 2 aromatic rings. The van der Waals surface area contributed by atoms with E-state index in [0.29, 0.717) is 17.1 Å². The Bertz CT molecular complexity index is 442. The standard InChI is InChI=1S/C11H9ClFNS/c12-9-2-1-8(11(13)5-9)6-14-10-3-4-15-7-10/h1-5,7,14H,6H2. The van der Waals surface area contributed by atoms with Crippen molar-refractivity contribution >= 4 is 28.6 Å². The number of anilines is 1. The van der Waals surface area contributed by atoms with Gasteiger partial charge in [0.05, 0.1) is 0 Å². The van der Waals surface area contributed by atoms with Crippen LogP contribution in [0.3, 0.4) is 0 Å². The fraction of sp³-hybridized carbons (Fsp3) is 0.0909. The third-order valence-corrected chi connectivity index (χ3v) is 2.94. The molecule has 0 saturated carbocycles. The Hall–Kier alpha value is -1.06. The summed E-state index contributed by atoms with van der Waals surface area (Å²) < 4.78 is 13.4. The van der Waals surface area contributed by atoms with Crippen LogP contribution >= 0.6 is 22.9 Å². The second-order valence-corrected chi connectivity index (χ2v) is 4.32. The minimum absolute atomic E-state index is 0.273. The molecule has 0 aliphatic rings. The van der Waals surface area contributed by atoms with E-state index >= 15 is 0 Å². The Balaban J connectivity index is 2.05. The number of halogens is 2. The van der Waals surface area contributed by atoms with Crippen molar-refractivity contribution in [1.82, 2.24) is 0 Å². The average molecular weight is 242 g/mol. The Morgan fingerprint density at radius 2 is 2.20 bits per heavy atom. The summed E-state index contributed by atoms with van der Waals surface area (Å²) in [4.78, 5) is 0. The molecule has 0 amide bonds. The van der Waals surface area contributed by atoms with Crippen LogP contribution in [-0.4, -0.2) is 0 Å². The van der Waals surface area contributed by atoms with Gasteiger partial charge in [-0.05, 0) is 23.6 Å². The maximum Gasteiger partial charge on any atom is 0.129 e. The first-order valence-electron chi connectivity index (χ1n) is 4.46. The molecule has 0 unspecified atom stereocenters. The number of thiophene rings is 1. The van der Waals surface area contributed by atoms with Crippen molar-refractivity contribution in [2.45, 2.75) is 6.54 Å². The molecule has 1 N–H and O–H groups in total. The summed E-state index contributed by atoms with van der Waals surface area (Å²) >= 11 is 7.26. The van der Waals surface area contributed by atoms with E-state index in [-0.39, 0.29) is 5.82 Å². The lowest BCUT2D eigenvalue weighted by molar-refractivity contribution is 0.613. The molecule has 4 heteroatoms. The lowest BCUT2D eigenvalue weighted by Gasteiger charge is -2.05. The summed E-state index contributed by atoms with van der Waals surface area (Å²) in [5.41, 5.74) is 1.62. The normalized spacial score (nSPS) is 10.3. The molecule has 0 bridgehead atoms. The summed E-state index contributed by atoms with van der Waals surface area (Å²) in [5.74, 6) is -0.273. The number of hydrogen-bond acceptors (Lipinski definition) is 2. The van der Waals surface area contributed by atoms with Crippen molar-refractivity contribution < 1.29 is 4.39 Å². The lowest BCUT2D eigenvalue weighted by Crippen LogP contribution is -2.00. The van der Waals surface area contributed by atoms with Gasteiger partial charge >= 0.3 is 0 Å². The maximum absolute atomic E-state index is 13.4. The summed E-state index contributed by atoms with van der Waals surface area (Å²) in [7, 11) is 0. The molecule has 0 fully saturated rings. The van der Waals surface area contributed by atoms with Gasteiger partial charge in [0.1, 0.15) is 5.82 Å². The molecule has 2 rings (SSSR count). The van der Waals surface area contributed by atoms with Crippen LogP contribution in [0.2, 0.25) is 5.02 Å². The van der Waals surface area contributed by atoms with Gasteiger partial charge in [0.15, 0.2) is 0 Å². The highest BCUT2D eigenvalue weighted by molar-refractivity contribution is 7.08. The van der Waals surface area contributed by atoms with Crippen molar-refractivity contribution in [3.05, 3.63) is 51.4 Å². The molecule has 0 aliphatic carbocycles. The molecule has 0 saturated heterocycles. The summed E-state index contributed by atoms with van der Waals surface area (Å²) in [6, 6.07) is 6.66. The predicted molar refractivity (Wildman–Crippen MR) is 63.1 cm³/mol. The van der Waals surface area contributed by atoms with Crippen LogP contribution in [-0.2, 0) is 6.54 Å². The molecule has 78 valence electrons. The maximum atomic E-state index is 13.4. The highest BCUT2D eigenvalue weighted by Crippen LogP contribution is 2.17. The molecule has 1 nitrogen and oxygen atoms in total. The molecule has 0 aliphatic heterocycles. The van der Waals surface area contributed by atoms with E-state index in [4.69, 9.17) is 11.6 Å². The summed E-state index contributed by atoms with van der Waals surface area (Å²) in [6.45, 7) is 0.472. The molecule has 15 heavy (non-hydrogen) atoms. The fourth-order valence-electron chi connectivity index (χ4n) is 1.23. The van der Waals surface area contributed by atoms with E-state index in [9.17, 15) is 4.39 Å². The zero-order chi connectivity index (χ0) is 10.7. The fourth-order valence-corrected chi connectivity index (χ4v) is 2.00. The summed E-state index contributed by atoms with van der Waals surface area (Å²) in [5, 5.41) is 7.50. The van der Waals surface area contributed by atoms with Gasteiger partial charge in [-0.1, -0.05) is 17.7 Å². The molecule has 1 aromatic heterocycles. The summed E-state index contributed by atoms with van der Waals surface area (Å²) in [6.07, 6.45) is 0. The molecule has 1 aromatic carbocycles. The average Bonchev–Trinajstić information content (AvgIpc) is 2.69. The van der Waals surface area contributed by atoms with E-state index in [1.54, 1.807) is 23.5 Å². The van der Waals surface area contributed by atoms with Crippen LogP contribution in [0.4, 0.5) is 10.1 Å². The first-order valence-corrected chi connectivity index (χ1v) is 5.78. The van der Waals surface area contributed by atoms with Gasteiger partial charge < -0.3 is 5.32 Å². The topological polar surface area (TPSA) is 12.0 Å². The van der Waals surface area contributed by atoms with E-state index in [1.807, 2.05) is 16.8 Å². The highest BCUT2D eigenvalue weighted by atomic mass is 35.5. The second kappa shape index (κ2) is 4.64. The minimum atomic E-state index is -0.273. The molecular formula is C11H9ClFNS. The van der Waals surface area contributed by atoms with Crippen LogP contribution in [0.5, 0.6) is 0 Å². The van der Waals surface area contributed by atoms with Crippen molar-refractivity contribution in [1.29, 1.82) is 0 Å².